The molecular formula is C10H14N2O2S. The third kappa shape index (κ3) is 2.54. The minimum atomic E-state index is -0.184. The van der Waals surface area contributed by atoms with Crippen LogP contribution in [-0.4, -0.2) is 24.1 Å². The summed E-state index contributed by atoms with van der Waals surface area (Å²) in [5, 5.41) is 4.16. The van der Waals surface area contributed by atoms with Crippen molar-refractivity contribution in [3.05, 3.63) is 15.6 Å². The number of hydrogen-bond acceptors (Lipinski definition) is 5. The molecule has 0 saturated carbocycles. The molecule has 0 spiro atoms. The van der Waals surface area contributed by atoms with Crippen LogP contribution < -0.4 is 5.32 Å². The van der Waals surface area contributed by atoms with Gasteiger partial charge in [-0.25, -0.2) is 4.98 Å². The predicted octanol–water partition coefficient (Wildman–Crippen LogP) is 0.894. The number of thiazole rings is 1. The van der Waals surface area contributed by atoms with Gasteiger partial charge in [-0.2, -0.15) is 0 Å². The fourth-order valence-corrected chi connectivity index (χ4v) is 2.66. The number of esters is 1. The summed E-state index contributed by atoms with van der Waals surface area (Å²) < 4.78 is 4.89. The van der Waals surface area contributed by atoms with Gasteiger partial charge in [-0.15, -0.1) is 11.3 Å². The Morgan fingerprint density at radius 1 is 1.67 bits per heavy atom. The van der Waals surface area contributed by atoms with Crippen LogP contribution in [-0.2, 0) is 28.9 Å². The molecule has 0 aromatic carbocycles. The van der Waals surface area contributed by atoms with Gasteiger partial charge in [0.15, 0.2) is 0 Å². The summed E-state index contributed by atoms with van der Waals surface area (Å²) in [5.74, 6) is -0.184. The van der Waals surface area contributed by atoms with Gasteiger partial charge >= 0.3 is 5.97 Å². The van der Waals surface area contributed by atoms with Crippen molar-refractivity contribution in [2.75, 3.05) is 13.2 Å². The third-order valence-electron chi connectivity index (χ3n) is 2.25. The van der Waals surface area contributed by atoms with Crippen molar-refractivity contribution in [3.63, 3.8) is 0 Å². The second-order valence-corrected chi connectivity index (χ2v) is 4.55. The van der Waals surface area contributed by atoms with E-state index >= 15 is 0 Å². The summed E-state index contributed by atoms with van der Waals surface area (Å²) >= 11 is 1.62. The lowest BCUT2D eigenvalue weighted by atomic mass is 10.2. The first-order chi connectivity index (χ1) is 7.29. The molecule has 2 rings (SSSR count). The van der Waals surface area contributed by atoms with Crippen molar-refractivity contribution >= 4 is 17.3 Å². The molecule has 4 nitrogen and oxygen atoms in total. The van der Waals surface area contributed by atoms with E-state index in [9.17, 15) is 4.79 Å². The summed E-state index contributed by atoms with van der Waals surface area (Å²) in [6.45, 7) is 4.12. The fourth-order valence-electron chi connectivity index (χ4n) is 1.59. The van der Waals surface area contributed by atoms with Crippen molar-refractivity contribution in [1.82, 2.24) is 10.3 Å². The van der Waals surface area contributed by atoms with Gasteiger partial charge in [0, 0.05) is 24.4 Å². The lowest BCUT2D eigenvalue weighted by Gasteiger charge is -2.09. The summed E-state index contributed by atoms with van der Waals surface area (Å²) in [6, 6.07) is 0. The lowest BCUT2D eigenvalue weighted by Crippen LogP contribution is -2.22. The molecule has 2 heterocycles. The van der Waals surface area contributed by atoms with E-state index in [1.807, 2.05) is 6.92 Å². The van der Waals surface area contributed by atoms with Crippen LogP contribution in [0.25, 0.3) is 0 Å². The molecule has 1 aromatic rings. The molecule has 15 heavy (non-hydrogen) atoms. The predicted molar refractivity (Wildman–Crippen MR) is 57.9 cm³/mol. The van der Waals surface area contributed by atoms with Crippen molar-refractivity contribution in [3.8, 4) is 0 Å². The average Bonchev–Trinajstić information content (AvgIpc) is 2.59. The minimum Gasteiger partial charge on any atom is -0.466 e. The zero-order valence-electron chi connectivity index (χ0n) is 8.71. The second-order valence-electron chi connectivity index (χ2n) is 3.39. The summed E-state index contributed by atoms with van der Waals surface area (Å²) in [6.07, 6.45) is 1.28. The van der Waals surface area contributed by atoms with E-state index in [-0.39, 0.29) is 5.97 Å². The zero-order valence-corrected chi connectivity index (χ0v) is 9.52. The summed E-state index contributed by atoms with van der Waals surface area (Å²) in [5.41, 5.74) is 1.15. The fraction of sp³-hybridized carbons (Fsp3) is 0.600. The SMILES string of the molecule is CCOC(=O)Cc1nc2c(s1)CNCC2. The van der Waals surface area contributed by atoms with Gasteiger partial charge in [0.2, 0.25) is 0 Å². The highest BCUT2D eigenvalue weighted by Crippen LogP contribution is 2.21. The topological polar surface area (TPSA) is 51.2 Å². The van der Waals surface area contributed by atoms with Crippen LogP contribution in [0.1, 0.15) is 22.5 Å². The Morgan fingerprint density at radius 2 is 2.53 bits per heavy atom. The maximum absolute atomic E-state index is 11.3. The number of fused-ring (bicyclic) bond motifs is 1. The molecule has 0 fully saturated rings. The molecule has 82 valence electrons. The number of carbonyl (C=O) groups excluding carboxylic acids is 1. The number of hydrogen-bond donors (Lipinski definition) is 1. The number of nitrogens with one attached hydrogen (secondary N) is 1. The average molecular weight is 226 g/mol. The molecule has 5 heteroatoms. The van der Waals surface area contributed by atoms with Crippen molar-refractivity contribution in [1.29, 1.82) is 0 Å². The molecule has 1 aliphatic rings. The van der Waals surface area contributed by atoms with Crippen LogP contribution in [0, 0.1) is 0 Å². The number of carbonyl (C=O) groups is 1. The number of rotatable bonds is 3. The standard InChI is InChI=1S/C10H14N2O2S/c1-2-14-10(13)5-9-12-7-3-4-11-6-8(7)15-9/h11H,2-6H2,1H3. The third-order valence-corrected chi connectivity index (χ3v) is 3.35. The Morgan fingerprint density at radius 3 is 3.27 bits per heavy atom. The zero-order chi connectivity index (χ0) is 10.7. The molecular weight excluding hydrogens is 212 g/mol. The monoisotopic (exact) mass is 226 g/mol. The van der Waals surface area contributed by atoms with Gasteiger partial charge in [0.25, 0.3) is 0 Å². The lowest BCUT2D eigenvalue weighted by molar-refractivity contribution is -0.142. The summed E-state index contributed by atoms with van der Waals surface area (Å²) in [7, 11) is 0. The van der Waals surface area contributed by atoms with E-state index < -0.39 is 0 Å². The van der Waals surface area contributed by atoms with Gasteiger partial charge in [-0.3, -0.25) is 4.79 Å². The van der Waals surface area contributed by atoms with Crippen LogP contribution in [0.2, 0.25) is 0 Å². The van der Waals surface area contributed by atoms with Crippen molar-refractivity contribution in [2.24, 2.45) is 0 Å². The molecule has 1 N–H and O–H groups in total. The quantitative estimate of drug-likeness (QED) is 0.778. The first-order valence-electron chi connectivity index (χ1n) is 5.13. The van der Waals surface area contributed by atoms with Gasteiger partial charge in [0.05, 0.1) is 18.7 Å². The molecule has 0 saturated heterocycles. The molecule has 1 aromatic heterocycles. The Bertz CT molecular complexity index is 339. The minimum absolute atomic E-state index is 0.184. The molecule has 0 bridgehead atoms. The van der Waals surface area contributed by atoms with Gasteiger partial charge in [-0.05, 0) is 6.92 Å². The van der Waals surface area contributed by atoms with Crippen LogP contribution in [0.5, 0.6) is 0 Å². The largest absolute Gasteiger partial charge is 0.466 e. The second kappa shape index (κ2) is 4.72. The van der Waals surface area contributed by atoms with E-state index in [2.05, 4.69) is 10.3 Å². The van der Waals surface area contributed by atoms with Crippen LogP contribution in [0.4, 0.5) is 0 Å². The van der Waals surface area contributed by atoms with Crippen LogP contribution in [0.3, 0.4) is 0 Å². The number of aromatic nitrogens is 1. The van der Waals surface area contributed by atoms with Crippen LogP contribution in [0.15, 0.2) is 0 Å². The number of nitrogens with zero attached hydrogens (tertiary/aromatic N) is 1. The highest BCUT2D eigenvalue weighted by molar-refractivity contribution is 7.11. The maximum Gasteiger partial charge on any atom is 0.312 e. The molecule has 0 aliphatic carbocycles. The Labute approximate surface area is 92.7 Å². The Balaban J connectivity index is 2.03. The van der Waals surface area contributed by atoms with E-state index in [1.54, 1.807) is 11.3 Å². The van der Waals surface area contributed by atoms with E-state index in [4.69, 9.17) is 4.74 Å². The Hall–Kier alpha value is -0.940. The first kappa shape index (κ1) is 10.6. The first-order valence-corrected chi connectivity index (χ1v) is 5.95. The molecule has 0 amide bonds. The van der Waals surface area contributed by atoms with Gasteiger partial charge in [-0.1, -0.05) is 0 Å². The van der Waals surface area contributed by atoms with Gasteiger partial charge < -0.3 is 10.1 Å². The smallest absolute Gasteiger partial charge is 0.312 e. The van der Waals surface area contributed by atoms with Gasteiger partial charge in [0.1, 0.15) is 5.01 Å². The summed E-state index contributed by atoms with van der Waals surface area (Å²) in [4.78, 5) is 17.0. The van der Waals surface area contributed by atoms with E-state index in [0.29, 0.717) is 13.0 Å². The van der Waals surface area contributed by atoms with Crippen molar-refractivity contribution < 1.29 is 9.53 Å². The maximum atomic E-state index is 11.3. The molecule has 0 unspecified atom stereocenters. The van der Waals surface area contributed by atoms with E-state index in [1.165, 1.54) is 4.88 Å². The number of ether oxygens (including phenoxy) is 1. The van der Waals surface area contributed by atoms with Crippen LogP contribution >= 0.6 is 11.3 Å². The normalized spacial score (nSPS) is 14.7. The Kier molecular flexibility index (Phi) is 3.33. The highest BCUT2D eigenvalue weighted by Gasteiger charge is 2.16. The van der Waals surface area contributed by atoms with Crippen molar-refractivity contribution in [2.45, 2.75) is 26.3 Å². The molecule has 1 aliphatic heterocycles. The molecule has 0 radical (unpaired) electrons. The van der Waals surface area contributed by atoms with E-state index in [0.717, 1.165) is 30.2 Å². The molecule has 0 atom stereocenters. The highest BCUT2D eigenvalue weighted by atomic mass is 32.1.